The van der Waals surface area contributed by atoms with Crippen molar-refractivity contribution in [1.82, 2.24) is 5.32 Å². The molecule has 0 saturated carbocycles. The molecule has 0 aliphatic carbocycles. The van der Waals surface area contributed by atoms with Gasteiger partial charge in [0.25, 0.3) is 0 Å². The molecule has 0 spiro atoms. The fraction of sp³-hybridized carbons (Fsp3) is 0.167. The van der Waals surface area contributed by atoms with Gasteiger partial charge in [0.2, 0.25) is 0 Å². The summed E-state index contributed by atoms with van der Waals surface area (Å²) in [6.07, 6.45) is 0. The summed E-state index contributed by atoms with van der Waals surface area (Å²) >= 11 is 0. The van der Waals surface area contributed by atoms with Crippen molar-refractivity contribution < 1.29 is 0 Å². The Kier molecular flexibility index (Phi) is 1.72. The molecule has 2 heteroatoms. The van der Waals surface area contributed by atoms with Gasteiger partial charge in [0.15, 0.2) is 0 Å². The van der Waals surface area contributed by atoms with Crippen molar-refractivity contribution in [2.45, 2.75) is 13.1 Å². The highest BCUT2D eigenvalue weighted by Gasteiger charge is 2.15. The van der Waals surface area contributed by atoms with E-state index < -0.39 is 0 Å². The number of hydrogen-bond acceptors (Lipinski definition) is 1. The molecule has 1 heterocycles. The van der Waals surface area contributed by atoms with Crippen molar-refractivity contribution in [3.63, 3.8) is 0 Å². The normalized spacial score (nSPS) is 14.6. The Morgan fingerprint density at radius 3 is 2.79 bits per heavy atom. The lowest BCUT2D eigenvalue weighted by atomic mass is 10.0. The number of hydrogen-bond donors (Lipinski definition) is 1. The van der Waals surface area contributed by atoms with Crippen molar-refractivity contribution in [2.24, 2.45) is 0 Å². The molecule has 0 amide bonds. The predicted octanol–water partition coefficient (Wildman–Crippen LogP) is 1.24. The Bertz CT molecular complexity index is 505. The molecule has 0 saturated heterocycles. The van der Waals surface area contributed by atoms with Crippen LogP contribution >= 0.6 is 0 Å². The Balaban J connectivity index is 2.46. The Morgan fingerprint density at radius 2 is 1.86 bits per heavy atom. The maximum Gasteiger partial charge on any atom is 0.0716 e. The van der Waals surface area contributed by atoms with Crippen molar-refractivity contribution >= 4 is 26.2 Å². The fourth-order valence-electron chi connectivity index (χ4n) is 2.18. The molecule has 3 rings (SSSR count). The summed E-state index contributed by atoms with van der Waals surface area (Å²) < 4.78 is 0. The molecular weight excluding hydrogens is 186 g/mol. The molecule has 0 atom stereocenters. The van der Waals surface area contributed by atoms with Crippen LogP contribution in [-0.2, 0) is 13.1 Å². The van der Waals surface area contributed by atoms with Crippen molar-refractivity contribution in [3.05, 3.63) is 41.5 Å². The zero-order chi connectivity index (χ0) is 9.54. The molecule has 3 radical (unpaired) electrons. The zero-order valence-corrected chi connectivity index (χ0v) is 8.80. The van der Waals surface area contributed by atoms with Gasteiger partial charge in [-0.25, -0.2) is 0 Å². The van der Waals surface area contributed by atoms with Crippen LogP contribution in [0.2, 0.25) is 0 Å². The first-order chi connectivity index (χ1) is 6.86. The van der Waals surface area contributed by atoms with Crippen molar-refractivity contribution in [2.75, 3.05) is 0 Å². The first kappa shape index (κ1) is 8.21. The molecule has 2 aromatic carbocycles. The van der Waals surface area contributed by atoms with Gasteiger partial charge in [-0.2, -0.15) is 0 Å². The van der Waals surface area contributed by atoms with Crippen LogP contribution in [0.3, 0.4) is 0 Å². The van der Waals surface area contributed by atoms with E-state index in [2.05, 4.69) is 45.9 Å². The second kappa shape index (κ2) is 2.94. The van der Waals surface area contributed by atoms with Crippen LogP contribution in [0.4, 0.5) is 0 Å². The zero-order valence-electron chi connectivity index (χ0n) is 7.80. The first-order valence-electron chi connectivity index (χ1n) is 4.82. The first-order valence-corrected chi connectivity index (χ1v) is 5.32. The molecule has 2 aromatic rings. The van der Waals surface area contributed by atoms with Gasteiger partial charge in [0.05, 0.1) is 10.2 Å². The smallest absolute Gasteiger partial charge is 0.0716 e. The Morgan fingerprint density at radius 1 is 1.07 bits per heavy atom. The lowest BCUT2D eigenvalue weighted by Crippen LogP contribution is -2.11. The minimum Gasteiger partial charge on any atom is -0.309 e. The minimum absolute atomic E-state index is 0.985. The van der Waals surface area contributed by atoms with E-state index >= 15 is 0 Å². The second-order valence-electron chi connectivity index (χ2n) is 3.71. The summed E-state index contributed by atoms with van der Waals surface area (Å²) in [5, 5.41) is 7.32. The van der Waals surface area contributed by atoms with Gasteiger partial charge >= 0.3 is 0 Å². The van der Waals surface area contributed by atoms with Gasteiger partial charge < -0.3 is 5.32 Å². The van der Waals surface area contributed by atoms with Crippen LogP contribution in [0.5, 0.6) is 0 Å². The lowest BCUT2D eigenvalue weighted by molar-refractivity contribution is 0.767. The third-order valence-corrected chi connectivity index (χ3v) is 3.32. The van der Waals surface area contributed by atoms with E-state index in [4.69, 9.17) is 0 Å². The van der Waals surface area contributed by atoms with Crippen molar-refractivity contribution in [3.8, 4) is 0 Å². The molecule has 0 fully saturated rings. The van der Waals surface area contributed by atoms with E-state index in [9.17, 15) is 0 Å². The SMILES string of the molecule is [Si]c1cc2ccccc2c2c1CNC2. The van der Waals surface area contributed by atoms with Gasteiger partial charge in [-0.15, -0.1) is 0 Å². The molecule has 0 aromatic heterocycles. The van der Waals surface area contributed by atoms with E-state index in [1.165, 1.54) is 27.1 Å². The summed E-state index contributed by atoms with van der Waals surface area (Å²) in [6.45, 7) is 1.98. The molecule has 1 aliphatic heterocycles. The monoisotopic (exact) mass is 196 g/mol. The van der Waals surface area contributed by atoms with Crippen LogP contribution in [0, 0.1) is 0 Å². The summed E-state index contributed by atoms with van der Waals surface area (Å²) in [7, 11) is 3.68. The largest absolute Gasteiger partial charge is 0.309 e. The molecular formula is C12H10NSi. The maximum atomic E-state index is 3.68. The average molecular weight is 196 g/mol. The highest BCUT2D eigenvalue weighted by molar-refractivity contribution is 6.34. The summed E-state index contributed by atoms with van der Waals surface area (Å²) in [5.41, 5.74) is 2.87. The molecule has 0 bridgehead atoms. The van der Waals surface area contributed by atoms with Crippen LogP contribution in [-0.4, -0.2) is 10.2 Å². The number of nitrogens with one attached hydrogen (secondary N) is 1. The summed E-state index contributed by atoms with van der Waals surface area (Å²) in [5.74, 6) is 0. The van der Waals surface area contributed by atoms with Gasteiger partial charge in [-0.05, 0) is 21.9 Å². The maximum absolute atomic E-state index is 3.68. The Hall–Kier alpha value is -1.12. The molecule has 1 aliphatic rings. The molecule has 1 N–H and O–H groups in total. The second-order valence-corrected chi connectivity index (χ2v) is 4.24. The standard InChI is InChI=1S/C12H10NSi/c14-12-5-8-3-1-2-4-9(8)10-6-13-7-11(10)12/h1-5,13H,6-7H2. The summed E-state index contributed by atoms with van der Waals surface area (Å²) in [4.78, 5) is 0. The minimum atomic E-state index is 0.985. The third kappa shape index (κ3) is 1.04. The fourth-order valence-corrected chi connectivity index (χ4v) is 2.58. The molecule has 1 nitrogen and oxygen atoms in total. The highest BCUT2D eigenvalue weighted by Crippen LogP contribution is 2.23. The number of rotatable bonds is 0. The number of benzene rings is 2. The van der Waals surface area contributed by atoms with Gasteiger partial charge in [-0.1, -0.05) is 35.5 Å². The van der Waals surface area contributed by atoms with E-state index in [0.717, 1.165) is 13.1 Å². The third-order valence-electron chi connectivity index (χ3n) is 2.88. The molecule has 14 heavy (non-hydrogen) atoms. The van der Waals surface area contributed by atoms with E-state index in [1.807, 2.05) is 0 Å². The van der Waals surface area contributed by atoms with Gasteiger partial charge in [0, 0.05) is 13.1 Å². The Labute approximate surface area is 86.6 Å². The van der Waals surface area contributed by atoms with Crippen molar-refractivity contribution in [1.29, 1.82) is 0 Å². The quantitative estimate of drug-likeness (QED) is 0.625. The summed E-state index contributed by atoms with van der Waals surface area (Å²) in [6, 6.07) is 10.8. The topological polar surface area (TPSA) is 12.0 Å². The average Bonchev–Trinajstić information content (AvgIpc) is 2.67. The van der Waals surface area contributed by atoms with Gasteiger partial charge in [-0.3, -0.25) is 0 Å². The van der Waals surface area contributed by atoms with Crippen LogP contribution in [0.1, 0.15) is 11.1 Å². The van der Waals surface area contributed by atoms with Crippen LogP contribution in [0.25, 0.3) is 10.8 Å². The molecule has 0 unspecified atom stereocenters. The van der Waals surface area contributed by atoms with E-state index in [0.29, 0.717) is 0 Å². The number of fused-ring (bicyclic) bond motifs is 3. The molecule has 67 valence electrons. The van der Waals surface area contributed by atoms with Crippen LogP contribution < -0.4 is 10.5 Å². The van der Waals surface area contributed by atoms with E-state index in [-0.39, 0.29) is 0 Å². The lowest BCUT2D eigenvalue weighted by Gasteiger charge is -2.07. The van der Waals surface area contributed by atoms with E-state index in [1.54, 1.807) is 0 Å². The van der Waals surface area contributed by atoms with Crippen LogP contribution in [0.15, 0.2) is 30.3 Å². The highest BCUT2D eigenvalue weighted by atomic mass is 28.1. The predicted molar refractivity (Wildman–Crippen MR) is 59.9 cm³/mol. The van der Waals surface area contributed by atoms with Gasteiger partial charge in [0.1, 0.15) is 0 Å².